The second kappa shape index (κ2) is 7.09. The summed E-state index contributed by atoms with van der Waals surface area (Å²) in [7, 11) is -13.4. The van der Waals surface area contributed by atoms with Gasteiger partial charge >= 0.3 is 0 Å². The zero-order chi connectivity index (χ0) is 19.6. The van der Waals surface area contributed by atoms with E-state index >= 15 is 0 Å². The van der Waals surface area contributed by atoms with Crippen molar-refractivity contribution in [1.29, 1.82) is 0 Å². The van der Waals surface area contributed by atoms with Crippen molar-refractivity contribution in [2.24, 2.45) is 0 Å². The largest absolute Gasteiger partial charge is 0.398 e. The molecule has 0 heterocycles. The van der Waals surface area contributed by atoms with Crippen LogP contribution in [0.25, 0.3) is 0 Å². The molecule has 0 aliphatic heterocycles. The third-order valence-corrected chi connectivity index (χ3v) is 5.91. The Kier molecular flexibility index (Phi) is 5.97. The van der Waals surface area contributed by atoms with E-state index in [0.29, 0.717) is 23.6 Å². The van der Waals surface area contributed by atoms with Gasteiger partial charge in [-0.15, -0.1) is 0 Å². The zero-order valence-electron chi connectivity index (χ0n) is 12.6. The predicted molar refractivity (Wildman–Crippen MR) is 87.7 cm³/mol. The lowest BCUT2D eigenvalue weighted by molar-refractivity contribution is -0.111. The highest BCUT2D eigenvalue weighted by Crippen LogP contribution is 2.30. The van der Waals surface area contributed by atoms with Crippen LogP contribution in [0.15, 0.2) is 33.4 Å². The number of carbonyl (C=O) groups is 1. The van der Waals surface area contributed by atoms with E-state index in [9.17, 15) is 30.0 Å². The van der Waals surface area contributed by atoms with Gasteiger partial charge < -0.3 is 11.1 Å². The Morgan fingerprint density at radius 3 is 2.04 bits per heavy atom. The average molecular weight is 414 g/mol. The molecule has 25 heavy (non-hydrogen) atoms. The number of hydrogen-bond donors (Lipinski definition) is 4. The van der Waals surface area contributed by atoms with E-state index in [0.717, 1.165) is 0 Å². The van der Waals surface area contributed by atoms with E-state index in [4.69, 9.17) is 14.8 Å². The third-order valence-electron chi connectivity index (χ3n) is 2.75. The van der Waals surface area contributed by atoms with Gasteiger partial charge in [0.25, 0.3) is 20.2 Å². The molecule has 1 aromatic carbocycles. The molecule has 0 saturated heterocycles. The van der Waals surface area contributed by atoms with Crippen molar-refractivity contribution in [2.45, 2.75) is 16.7 Å². The Hall–Kier alpha value is -2.00. The number of anilines is 2. The van der Waals surface area contributed by atoms with Gasteiger partial charge in [0.05, 0.1) is 17.1 Å². The van der Waals surface area contributed by atoms with Crippen LogP contribution in [0, 0.1) is 0 Å². The molecule has 0 radical (unpaired) electrons. The van der Waals surface area contributed by atoms with Gasteiger partial charge in [0.2, 0.25) is 5.91 Å². The molecule has 0 unspecified atom stereocenters. The summed E-state index contributed by atoms with van der Waals surface area (Å²) in [6.45, 7) is 1.33. The summed E-state index contributed by atoms with van der Waals surface area (Å²) >= 11 is 0. The van der Waals surface area contributed by atoms with Crippen LogP contribution in [0.1, 0.15) is 6.92 Å². The molecule has 0 aliphatic carbocycles. The molecule has 1 amide bonds. The molecule has 11 nitrogen and oxygen atoms in total. The molecule has 0 fully saturated rings. The van der Waals surface area contributed by atoms with Gasteiger partial charge in [-0.25, -0.2) is 8.42 Å². The average Bonchev–Trinajstić information content (AvgIpc) is 2.44. The number of hydrogen-bond acceptors (Lipinski definition) is 8. The molecule has 0 atom stereocenters. The molecule has 14 heteroatoms. The van der Waals surface area contributed by atoms with Crippen LogP contribution in [0.3, 0.4) is 0 Å². The summed E-state index contributed by atoms with van der Waals surface area (Å²) in [4.78, 5) is 9.86. The topological polar surface area (TPSA) is 198 Å². The van der Waals surface area contributed by atoms with Crippen LogP contribution in [-0.2, 0) is 34.9 Å². The number of sulfone groups is 1. The normalized spacial score (nSPS) is 13.1. The fourth-order valence-electron chi connectivity index (χ4n) is 1.55. The SMILES string of the molecule is CCS(=O)(=O)C=CC(=O)Nc1cc(S(=O)(=O)O)c(N)cc1S(=O)(=O)O. The Morgan fingerprint density at radius 2 is 1.60 bits per heavy atom. The number of amides is 1. The van der Waals surface area contributed by atoms with Crippen molar-refractivity contribution in [3.05, 3.63) is 23.6 Å². The van der Waals surface area contributed by atoms with E-state index in [1.165, 1.54) is 6.92 Å². The van der Waals surface area contributed by atoms with Crippen LogP contribution in [0.2, 0.25) is 0 Å². The second-order valence-corrected chi connectivity index (χ2v) is 9.54. The molecule has 1 rings (SSSR count). The number of benzene rings is 1. The lowest BCUT2D eigenvalue weighted by Gasteiger charge is -2.11. The maximum absolute atomic E-state index is 11.7. The summed E-state index contributed by atoms with van der Waals surface area (Å²) in [5, 5.41) is 2.46. The summed E-state index contributed by atoms with van der Waals surface area (Å²) in [6.07, 6.45) is 0.566. The molecular formula is C11H14N2O9S3. The Bertz CT molecular complexity index is 1040. The van der Waals surface area contributed by atoms with Crippen LogP contribution >= 0.6 is 0 Å². The summed E-state index contributed by atoms with van der Waals surface area (Å²) < 4.78 is 85.8. The van der Waals surface area contributed by atoms with Gasteiger partial charge in [0.1, 0.15) is 9.79 Å². The smallest absolute Gasteiger partial charge is 0.296 e. The molecule has 0 bridgehead atoms. The van der Waals surface area contributed by atoms with Gasteiger partial charge in [-0.05, 0) is 12.1 Å². The van der Waals surface area contributed by atoms with E-state index < -0.39 is 57.1 Å². The van der Waals surface area contributed by atoms with Gasteiger partial charge in [0.15, 0.2) is 9.84 Å². The van der Waals surface area contributed by atoms with E-state index in [1.54, 1.807) is 0 Å². The molecular weight excluding hydrogens is 400 g/mol. The summed E-state index contributed by atoms with van der Waals surface area (Å²) in [5.41, 5.74) is 3.89. The fraction of sp³-hybridized carbons (Fsp3) is 0.182. The van der Waals surface area contributed by atoms with Gasteiger partial charge in [-0.3, -0.25) is 13.9 Å². The highest BCUT2D eigenvalue weighted by molar-refractivity contribution is 7.94. The number of nitrogen functional groups attached to an aromatic ring is 1. The lowest BCUT2D eigenvalue weighted by atomic mass is 10.2. The Morgan fingerprint density at radius 1 is 1.08 bits per heavy atom. The van der Waals surface area contributed by atoms with Crippen molar-refractivity contribution in [2.75, 3.05) is 16.8 Å². The summed E-state index contributed by atoms with van der Waals surface area (Å²) in [6, 6.07) is 1.02. The summed E-state index contributed by atoms with van der Waals surface area (Å²) in [5.74, 6) is -1.42. The van der Waals surface area contributed by atoms with Crippen LogP contribution < -0.4 is 11.1 Å². The lowest BCUT2D eigenvalue weighted by Crippen LogP contribution is -2.15. The van der Waals surface area contributed by atoms with E-state index in [-0.39, 0.29) is 5.75 Å². The minimum atomic E-state index is -4.93. The second-order valence-electron chi connectivity index (χ2n) is 4.58. The van der Waals surface area contributed by atoms with E-state index in [2.05, 4.69) is 0 Å². The van der Waals surface area contributed by atoms with Crippen LogP contribution in [0.5, 0.6) is 0 Å². The first kappa shape index (κ1) is 21.0. The highest BCUT2D eigenvalue weighted by atomic mass is 32.2. The molecule has 0 aromatic heterocycles. The number of nitrogens with two attached hydrogens (primary N) is 1. The van der Waals surface area contributed by atoms with Crippen LogP contribution in [0.4, 0.5) is 11.4 Å². The van der Waals surface area contributed by atoms with Crippen molar-refractivity contribution >= 4 is 47.4 Å². The molecule has 0 saturated carbocycles. The highest BCUT2D eigenvalue weighted by Gasteiger charge is 2.23. The van der Waals surface area contributed by atoms with Gasteiger partial charge in [-0.1, -0.05) is 6.92 Å². The first-order valence-corrected chi connectivity index (χ1v) is 10.9. The quantitative estimate of drug-likeness (QED) is 0.271. The maximum atomic E-state index is 11.7. The van der Waals surface area contributed by atoms with Crippen molar-refractivity contribution < 1.29 is 39.2 Å². The van der Waals surface area contributed by atoms with Gasteiger partial charge in [0, 0.05) is 11.5 Å². The number of nitrogens with one attached hydrogen (secondary N) is 1. The predicted octanol–water partition coefficient (Wildman–Crippen LogP) is -0.351. The molecule has 0 spiro atoms. The molecule has 1 aromatic rings. The molecule has 0 aliphatic rings. The monoisotopic (exact) mass is 414 g/mol. The van der Waals surface area contributed by atoms with Gasteiger partial charge in [-0.2, -0.15) is 16.8 Å². The minimum absolute atomic E-state index is 0.290. The van der Waals surface area contributed by atoms with Crippen molar-refractivity contribution in [1.82, 2.24) is 0 Å². The molecule has 140 valence electrons. The third kappa shape index (κ3) is 5.79. The van der Waals surface area contributed by atoms with E-state index in [1.807, 2.05) is 5.32 Å². The standard InChI is InChI=1S/C11H14N2O9S3/c1-2-23(15,16)4-3-11(14)13-8-6-9(24(17,18)19)7(12)5-10(8)25(20,21)22/h3-6H,2,12H2,1H3,(H,13,14)(H,17,18,19)(H,20,21,22). The minimum Gasteiger partial charge on any atom is -0.398 e. The Balaban J connectivity index is 3.45. The number of rotatable bonds is 6. The molecule has 5 N–H and O–H groups in total. The van der Waals surface area contributed by atoms with Crippen molar-refractivity contribution in [3.63, 3.8) is 0 Å². The van der Waals surface area contributed by atoms with Crippen LogP contribution in [-0.4, -0.2) is 46.0 Å². The zero-order valence-corrected chi connectivity index (χ0v) is 15.0. The number of carbonyl (C=O) groups excluding carboxylic acids is 1. The fourth-order valence-corrected chi connectivity index (χ4v) is 3.36. The first-order valence-electron chi connectivity index (χ1n) is 6.27. The Labute approximate surface area is 144 Å². The maximum Gasteiger partial charge on any atom is 0.296 e. The van der Waals surface area contributed by atoms with Crippen molar-refractivity contribution in [3.8, 4) is 0 Å². The first-order chi connectivity index (χ1) is 11.2.